The zero-order chi connectivity index (χ0) is 19.8. The van der Waals surface area contributed by atoms with E-state index < -0.39 is 29.1 Å². The molecule has 2 rings (SSSR count). The zero-order valence-electron chi connectivity index (χ0n) is 14.3. The summed E-state index contributed by atoms with van der Waals surface area (Å²) in [4.78, 5) is 50.7. The number of hydrogen-bond donors (Lipinski definition) is 3. The van der Waals surface area contributed by atoms with Crippen LogP contribution in [-0.4, -0.2) is 44.1 Å². The van der Waals surface area contributed by atoms with Crippen LogP contribution in [0.2, 0.25) is 0 Å². The Balaban J connectivity index is 1.64. The van der Waals surface area contributed by atoms with Gasteiger partial charge in [0.2, 0.25) is 5.91 Å². The Bertz CT molecular complexity index is 735. The summed E-state index contributed by atoms with van der Waals surface area (Å²) in [6.07, 6.45) is 0.195. The number of benzene rings is 1. The van der Waals surface area contributed by atoms with Gasteiger partial charge in [0.05, 0.1) is 6.42 Å². The molecule has 3 N–H and O–H groups in total. The van der Waals surface area contributed by atoms with Gasteiger partial charge >= 0.3 is 5.97 Å². The van der Waals surface area contributed by atoms with Crippen molar-refractivity contribution in [3.8, 4) is 0 Å². The van der Waals surface area contributed by atoms with Crippen molar-refractivity contribution >= 4 is 40.6 Å². The average Bonchev–Trinajstić information content (AvgIpc) is 2.93. The summed E-state index contributed by atoms with van der Waals surface area (Å²) in [5.41, 5.74) is 1.41. The molecular weight excluding hydrogens is 378 g/mol. The van der Waals surface area contributed by atoms with Crippen LogP contribution in [0, 0.1) is 0 Å². The molecule has 27 heavy (non-hydrogen) atoms. The van der Waals surface area contributed by atoms with Crippen molar-refractivity contribution in [2.24, 2.45) is 0 Å². The predicted molar refractivity (Wildman–Crippen MR) is 94.0 cm³/mol. The van der Waals surface area contributed by atoms with Gasteiger partial charge in [-0.2, -0.15) is 0 Å². The molecule has 0 aliphatic carbocycles. The van der Waals surface area contributed by atoms with Gasteiger partial charge in [-0.05, 0) is 24.1 Å². The van der Waals surface area contributed by atoms with Gasteiger partial charge in [0.25, 0.3) is 23.1 Å². The van der Waals surface area contributed by atoms with E-state index in [0.717, 1.165) is 5.56 Å². The van der Waals surface area contributed by atoms with Gasteiger partial charge in [-0.15, -0.1) is 5.06 Å². The van der Waals surface area contributed by atoms with Crippen LogP contribution in [0.15, 0.2) is 24.3 Å². The van der Waals surface area contributed by atoms with Crippen molar-refractivity contribution in [3.63, 3.8) is 0 Å². The summed E-state index contributed by atoms with van der Waals surface area (Å²) in [5.74, 6) is -2.31. The predicted octanol–water partition coefficient (Wildman–Crippen LogP) is 0.281. The number of nitrogens with one attached hydrogen (secondary N) is 2. The van der Waals surface area contributed by atoms with E-state index in [9.17, 15) is 23.4 Å². The first kappa shape index (κ1) is 20.5. The number of hydrogen-bond acceptors (Lipinski definition) is 6. The maximum absolute atomic E-state index is 11.7. The second-order valence-electron chi connectivity index (χ2n) is 5.69. The lowest BCUT2D eigenvalue weighted by molar-refractivity contribution is -0.197. The fraction of sp³-hybridized carbons (Fsp3) is 0.375. The monoisotopic (exact) mass is 397 g/mol. The Labute approximate surface area is 157 Å². The van der Waals surface area contributed by atoms with Crippen molar-refractivity contribution in [3.05, 3.63) is 29.8 Å². The highest BCUT2D eigenvalue weighted by Gasteiger charge is 2.32. The van der Waals surface area contributed by atoms with Gasteiger partial charge in [-0.3, -0.25) is 23.7 Å². The van der Waals surface area contributed by atoms with Gasteiger partial charge in [-0.25, -0.2) is 9.00 Å². The van der Waals surface area contributed by atoms with Crippen LogP contribution in [-0.2, 0) is 41.7 Å². The molecule has 3 amide bonds. The fourth-order valence-corrected chi connectivity index (χ4v) is 2.63. The third kappa shape index (κ3) is 6.79. The molecule has 1 atom stereocenters. The molecule has 1 aromatic rings. The number of anilines is 1. The number of amides is 3. The third-order valence-corrected chi connectivity index (χ3v) is 4.06. The Morgan fingerprint density at radius 1 is 1.11 bits per heavy atom. The summed E-state index contributed by atoms with van der Waals surface area (Å²) < 4.78 is 21.7. The van der Waals surface area contributed by atoms with Crippen molar-refractivity contribution in [1.29, 1.82) is 0 Å². The lowest BCUT2D eigenvalue weighted by Crippen LogP contribution is -2.32. The smallest absolute Gasteiger partial charge is 0.333 e. The molecule has 11 heteroatoms. The topological polar surface area (TPSA) is 142 Å². The van der Waals surface area contributed by atoms with Crippen molar-refractivity contribution in [1.82, 2.24) is 10.4 Å². The highest BCUT2D eigenvalue weighted by molar-refractivity contribution is 7.80. The molecule has 1 saturated heterocycles. The summed E-state index contributed by atoms with van der Waals surface area (Å²) in [6.45, 7) is 0.343. The first-order valence-corrected chi connectivity index (χ1v) is 9.25. The minimum absolute atomic E-state index is 0.0154. The van der Waals surface area contributed by atoms with Crippen LogP contribution in [0.1, 0.15) is 31.2 Å². The third-order valence-electron chi connectivity index (χ3n) is 3.65. The molecule has 1 aliphatic heterocycles. The number of carbonyl (C=O) groups is 4. The van der Waals surface area contributed by atoms with E-state index in [1.807, 2.05) is 0 Å². The number of nitrogens with zero attached hydrogens (tertiary/aromatic N) is 1. The van der Waals surface area contributed by atoms with Gasteiger partial charge in [-0.1, -0.05) is 12.1 Å². The van der Waals surface area contributed by atoms with Crippen LogP contribution < -0.4 is 10.0 Å². The van der Waals surface area contributed by atoms with Gasteiger partial charge in [0, 0.05) is 31.5 Å². The van der Waals surface area contributed by atoms with E-state index in [0.29, 0.717) is 23.7 Å². The van der Waals surface area contributed by atoms with E-state index in [1.54, 1.807) is 24.3 Å². The molecule has 0 radical (unpaired) electrons. The number of rotatable bonds is 9. The summed E-state index contributed by atoms with van der Waals surface area (Å²) in [6, 6.07) is 6.79. The van der Waals surface area contributed by atoms with E-state index >= 15 is 0 Å². The standard InChI is InChI=1S/C16H19N3O7S/c20-13(5-8-16(23)26-19-14(21)6-7-15(19)22)17-10-9-11-1-3-12(4-2-11)18-27(24)25/h1-4,18H,5-10H2,(H,17,20)(H,24,25). The van der Waals surface area contributed by atoms with Crippen molar-refractivity contribution in [2.75, 3.05) is 11.3 Å². The molecule has 0 saturated carbocycles. The largest absolute Gasteiger partial charge is 0.356 e. The van der Waals surface area contributed by atoms with E-state index in [2.05, 4.69) is 14.9 Å². The molecule has 0 spiro atoms. The highest BCUT2D eigenvalue weighted by atomic mass is 32.2. The second kappa shape index (κ2) is 9.78. The average molecular weight is 397 g/mol. The lowest BCUT2D eigenvalue weighted by Gasteiger charge is -2.12. The molecule has 1 heterocycles. The van der Waals surface area contributed by atoms with Crippen molar-refractivity contribution in [2.45, 2.75) is 32.1 Å². The Morgan fingerprint density at radius 2 is 1.74 bits per heavy atom. The minimum Gasteiger partial charge on any atom is -0.356 e. The minimum atomic E-state index is -2.13. The first-order valence-electron chi connectivity index (χ1n) is 8.15. The number of hydroxylamine groups is 2. The fourth-order valence-electron chi connectivity index (χ4n) is 2.30. The number of imide groups is 1. The zero-order valence-corrected chi connectivity index (χ0v) is 15.1. The molecule has 1 aliphatic rings. The van der Waals surface area contributed by atoms with Crippen LogP contribution >= 0.6 is 0 Å². The second-order valence-corrected chi connectivity index (χ2v) is 6.40. The Hall–Kier alpha value is -2.79. The number of carbonyl (C=O) groups excluding carboxylic acids is 4. The lowest BCUT2D eigenvalue weighted by atomic mass is 10.1. The Morgan fingerprint density at radius 3 is 2.33 bits per heavy atom. The van der Waals surface area contributed by atoms with E-state index in [4.69, 9.17) is 4.55 Å². The molecule has 0 aromatic heterocycles. The summed E-state index contributed by atoms with van der Waals surface area (Å²) in [5, 5.41) is 3.10. The van der Waals surface area contributed by atoms with E-state index in [-0.39, 0.29) is 31.6 Å². The molecule has 0 bridgehead atoms. The molecular formula is C16H19N3O7S. The van der Waals surface area contributed by atoms with Crippen molar-refractivity contribution < 1.29 is 32.8 Å². The van der Waals surface area contributed by atoms with Gasteiger partial charge in [0.15, 0.2) is 0 Å². The molecule has 1 fully saturated rings. The van der Waals surface area contributed by atoms with Crippen LogP contribution in [0.25, 0.3) is 0 Å². The van der Waals surface area contributed by atoms with Gasteiger partial charge < -0.3 is 10.2 Å². The first-order chi connectivity index (χ1) is 12.8. The normalized spacial score (nSPS) is 14.8. The van der Waals surface area contributed by atoms with Crippen LogP contribution in [0.3, 0.4) is 0 Å². The highest BCUT2D eigenvalue weighted by Crippen LogP contribution is 2.13. The van der Waals surface area contributed by atoms with E-state index in [1.165, 1.54) is 0 Å². The Kier molecular flexibility index (Phi) is 7.44. The molecule has 1 unspecified atom stereocenters. The maximum atomic E-state index is 11.7. The van der Waals surface area contributed by atoms with Crippen LogP contribution in [0.4, 0.5) is 5.69 Å². The summed E-state index contributed by atoms with van der Waals surface area (Å²) >= 11 is -2.13. The molecule has 10 nitrogen and oxygen atoms in total. The summed E-state index contributed by atoms with van der Waals surface area (Å²) in [7, 11) is 0. The SMILES string of the molecule is O=C(CCC(=O)ON1C(=O)CCC1=O)NCCc1ccc(NS(=O)O)cc1. The molecule has 146 valence electrons. The quantitative estimate of drug-likeness (QED) is 0.401. The van der Waals surface area contributed by atoms with Gasteiger partial charge in [0.1, 0.15) is 0 Å². The van der Waals surface area contributed by atoms with Crippen LogP contribution in [0.5, 0.6) is 0 Å². The maximum Gasteiger partial charge on any atom is 0.333 e. The molecule has 1 aromatic carbocycles.